The molecule has 2 rings (SSSR count). The molecule has 0 fully saturated rings. The maximum absolute atomic E-state index is 5.70. The van der Waals surface area contributed by atoms with Crippen LogP contribution in [0, 0.1) is 0 Å². The first kappa shape index (κ1) is 12.8. The predicted molar refractivity (Wildman–Crippen MR) is 73.4 cm³/mol. The highest BCUT2D eigenvalue weighted by atomic mass is 79.9. The van der Waals surface area contributed by atoms with Crippen molar-refractivity contribution >= 4 is 21.9 Å². The Balaban J connectivity index is 2.27. The molecule has 0 saturated heterocycles. The number of hydrogen-bond acceptors (Lipinski definition) is 5. The highest BCUT2D eigenvalue weighted by molar-refractivity contribution is 9.10. The van der Waals surface area contributed by atoms with Gasteiger partial charge < -0.3 is 4.74 Å². The number of nitrogens with two attached hydrogens (primary N) is 1. The highest BCUT2D eigenvalue weighted by Gasteiger charge is 2.07. The first-order valence-electron chi connectivity index (χ1n) is 5.49. The summed E-state index contributed by atoms with van der Waals surface area (Å²) < 4.78 is 6.37. The zero-order valence-electron chi connectivity index (χ0n) is 9.85. The van der Waals surface area contributed by atoms with Gasteiger partial charge in [-0.25, -0.2) is 10.8 Å². The molecule has 0 saturated carbocycles. The van der Waals surface area contributed by atoms with E-state index >= 15 is 0 Å². The number of anilines is 1. The number of benzene rings is 1. The Morgan fingerprint density at radius 2 is 2.28 bits per heavy atom. The molecule has 3 N–H and O–H groups in total. The van der Waals surface area contributed by atoms with E-state index in [9.17, 15) is 0 Å². The number of nitrogen functional groups attached to an aromatic ring is 1. The molecule has 0 aliphatic heterocycles. The summed E-state index contributed by atoms with van der Waals surface area (Å²) in [4.78, 5) is 8.08. The maximum atomic E-state index is 5.70. The minimum absolute atomic E-state index is 0.305. The molecular formula is C12H13BrN4O. The van der Waals surface area contributed by atoms with Gasteiger partial charge in [-0.2, -0.15) is 4.98 Å². The van der Waals surface area contributed by atoms with E-state index in [1.807, 2.05) is 18.2 Å². The van der Waals surface area contributed by atoms with E-state index in [1.54, 1.807) is 6.20 Å². The number of aryl methyl sites for hydroxylation is 1. The summed E-state index contributed by atoms with van der Waals surface area (Å²) >= 11 is 3.33. The molecule has 0 aliphatic carbocycles. The zero-order chi connectivity index (χ0) is 13.0. The molecule has 0 spiro atoms. The average molecular weight is 309 g/mol. The second-order valence-corrected chi connectivity index (χ2v) is 4.45. The lowest BCUT2D eigenvalue weighted by molar-refractivity contribution is 0.458. The van der Waals surface area contributed by atoms with Crippen molar-refractivity contribution in [2.75, 3.05) is 5.43 Å². The third-order valence-electron chi connectivity index (χ3n) is 2.36. The van der Waals surface area contributed by atoms with Crippen LogP contribution < -0.4 is 16.0 Å². The van der Waals surface area contributed by atoms with Crippen LogP contribution in [0.5, 0.6) is 11.6 Å². The smallest absolute Gasteiger partial charge is 0.240 e. The van der Waals surface area contributed by atoms with Gasteiger partial charge in [0.15, 0.2) is 0 Å². The van der Waals surface area contributed by atoms with Crippen LogP contribution in [0.3, 0.4) is 0 Å². The van der Waals surface area contributed by atoms with Gasteiger partial charge in [-0.15, -0.1) is 0 Å². The van der Waals surface area contributed by atoms with Crippen LogP contribution in [0.4, 0.5) is 5.95 Å². The van der Waals surface area contributed by atoms with Gasteiger partial charge in [-0.05, 0) is 40.0 Å². The van der Waals surface area contributed by atoms with Gasteiger partial charge >= 0.3 is 0 Å². The lowest BCUT2D eigenvalue weighted by Crippen LogP contribution is -2.10. The summed E-state index contributed by atoms with van der Waals surface area (Å²) in [5, 5.41) is 0. The van der Waals surface area contributed by atoms with Gasteiger partial charge in [0.25, 0.3) is 0 Å². The second-order valence-electron chi connectivity index (χ2n) is 3.59. The molecule has 94 valence electrons. The Labute approximate surface area is 113 Å². The molecule has 2 aromatic rings. The van der Waals surface area contributed by atoms with Crippen LogP contribution in [-0.2, 0) is 6.42 Å². The van der Waals surface area contributed by atoms with E-state index in [1.165, 1.54) is 5.56 Å². The Bertz CT molecular complexity index is 547. The van der Waals surface area contributed by atoms with Gasteiger partial charge in [0.05, 0.1) is 10.7 Å². The molecule has 0 amide bonds. The standard InChI is InChI=1S/C12H13BrN4O/c1-2-8-4-3-5-9(6-8)18-11-10(13)7-15-12(16-11)17-14/h3-7H,2,14H2,1H3,(H,15,16,17). The Morgan fingerprint density at radius 1 is 1.44 bits per heavy atom. The fourth-order valence-electron chi connectivity index (χ4n) is 1.43. The number of nitrogens with one attached hydrogen (secondary N) is 1. The van der Waals surface area contributed by atoms with Gasteiger partial charge in [-0.3, -0.25) is 5.43 Å². The molecule has 1 aromatic heterocycles. The number of hydrazine groups is 1. The molecule has 6 heteroatoms. The molecule has 0 bridgehead atoms. The fraction of sp³-hybridized carbons (Fsp3) is 0.167. The number of ether oxygens (including phenoxy) is 1. The molecule has 18 heavy (non-hydrogen) atoms. The Kier molecular flexibility index (Phi) is 4.11. The molecule has 1 aromatic carbocycles. The van der Waals surface area contributed by atoms with Gasteiger partial charge in [0.1, 0.15) is 5.75 Å². The summed E-state index contributed by atoms with van der Waals surface area (Å²) in [6, 6.07) is 7.85. The van der Waals surface area contributed by atoms with Crippen LogP contribution >= 0.6 is 15.9 Å². The van der Waals surface area contributed by atoms with Crippen molar-refractivity contribution in [3.05, 3.63) is 40.5 Å². The van der Waals surface area contributed by atoms with E-state index < -0.39 is 0 Å². The first-order chi connectivity index (χ1) is 8.72. The van der Waals surface area contributed by atoms with Crippen molar-refractivity contribution in [3.8, 4) is 11.6 Å². The Morgan fingerprint density at radius 3 is 3.00 bits per heavy atom. The maximum Gasteiger partial charge on any atom is 0.240 e. The number of halogens is 1. The van der Waals surface area contributed by atoms with Crippen LogP contribution in [0.1, 0.15) is 12.5 Å². The van der Waals surface area contributed by atoms with Crippen LogP contribution in [0.25, 0.3) is 0 Å². The number of nitrogens with zero attached hydrogens (tertiary/aromatic N) is 2. The molecule has 1 heterocycles. The van der Waals surface area contributed by atoms with Crippen molar-refractivity contribution in [3.63, 3.8) is 0 Å². The number of hydrogen-bond donors (Lipinski definition) is 2. The van der Waals surface area contributed by atoms with Crippen molar-refractivity contribution in [2.45, 2.75) is 13.3 Å². The summed E-state index contributed by atoms with van der Waals surface area (Å²) in [5.74, 6) is 6.72. The first-order valence-corrected chi connectivity index (χ1v) is 6.28. The minimum Gasteiger partial charge on any atom is -0.438 e. The zero-order valence-corrected chi connectivity index (χ0v) is 11.4. The van der Waals surface area contributed by atoms with Crippen molar-refractivity contribution in [1.29, 1.82) is 0 Å². The monoisotopic (exact) mass is 308 g/mol. The third kappa shape index (κ3) is 2.96. The van der Waals surface area contributed by atoms with E-state index in [2.05, 4.69) is 44.3 Å². The molecule has 0 unspecified atom stereocenters. The van der Waals surface area contributed by atoms with E-state index in [4.69, 9.17) is 10.6 Å². The van der Waals surface area contributed by atoms with E-state index in [0.29, 0.717) is 16.3 Å². The van der Waals surface area contributed by atoms with Crippen molar-refractivity contribution in [1.82, 2.24) is 9.97 Å². The van der Waals surface area contributed by atoms with Crippen molar-refractivity contribution in [2.24, 2.45) is 5.84 Å². The van der Waals surface area contributed by atoms with Gasteiger partial charge in [-0.1, -0.05) is 19.1 Å². The minimum atomic E-state index is 0.305. The molecular weight excluding hydrogens is 296 g/mol. The van der Waals surface area contributed by atoms with Crippen LogP contribution in [-0.4, -0.2) is 9.97 Å². The van der Waals surface area contributed by atoms with E-state index in [0.717, 1.165) is 12.2 Å². The summed E-state index contributed by atoms with van der Waals surface area (Å²) in [5.41, 5.74) is 3.58. The summed E-state index contributed by atoms with van der Waals surface area (Å²) in [6.07, 6.45) is 2.54. The van der Waals surface area contributed by atoms with Crippen molar-refractivity contribution < 1.29 is 4.74 Å². The summed E-state index contributed by atoms with van der Waals surface area (Å²) in [6.45, 7) is 2.09. The topological polar surface area (TPSA) is 73.1 Å². The highest BCUT2D eigenvalue weighted by Crippen LogP contribution is 2.28. The summed E-state index contributed by atoms with van der Waals surface area (Å²) in [7, 11) is 0. The lowest BCUT2D eigenvalue weighted by Gasteiger charge is -2.08. The molecule has 0 atom stereocenters. The fourth-order valence-corrected chi connectivity index (χ4v) is 1.71. The quantitative estimate of drug-likeness (QED) is 0.671. The molecule has 0 aliphatic rings. The molecule has 5 nitrogen and oxygen atoms in total. The Hall–Kier alpha value is -1.66. The lowest BCUT2D eigenvalue weighted by atomic mass is 10.2. The number of rotatable bonds is 4. The molecule has 0 radical (unpaired) electrons. The van der Waals surface area contributed by atoms with Crippen LogP contribution in [0.15, 0.2) is 34.9 Å². The third-order valence-corrected chi connectivity index (χ3v) is 2.91. The predicted octanol–water partition coefficient (Wildman–Crippen LogP) is 2.88. The van der Waals surface area contributed by atoms with Gasteiger partial charge in [0.2, 0.25) is 11.8 Å². The largest absolute Gasteiger partial charge is 0.438 e. The second kappa shape index (κ2) is 5.79. The van der Waals surface area contributed by atoms with E-state index in [-0.39, 0.29) is 0 Å². The normalized spacial score (nSPS) is 10.2. The number of aromatic nitrogens is 2. The van der Waals surface area contributed by atoms with Gasteiger partial charge in [0, 0.05) is 0 Å². The SMILES string of the molecule is CCc1cccc(Oc2nc(NN)ncc2Br)c1. The average Bonchev–Trinajstić information content (AvgIpc) is 2.41. The van der Waals surface area contributed by atoms with Crippen LogP contribution in [0.2, 0.25) is 0 Å².